The standard InChI is InChI=1S/C23H27F4N5O/c1-14(2)19-29-11-16(12-30-19)21(33)31-18-17(15-3-6-22(24,25)7-4-15)5-9-28-20(18)32-10-8-23(26,27)13-32/h5,9,11-12,14-15H,3-4,6-8,10,13H2,1-2H3,(H,31,33). The van der Waals surface area contributed by atoms with Gasteiger partial charge in [0.2, 0.25) is 5.92 Å². The summed E-state index contributed by atoms with van der Waals surface area (Å²) < 4.78 is 55.3. The van der Waals surface area contributed by atoms with Gasteiger partial charge < -0.3 is 10.2 Å². The molecule has 1 aliphatic carbocycles. The average Bonchev–Trinajstić information content (AvgIpc) is 3.13. The van der Waals surface area contributed by atoms with E-state index in [0.717, 1.165) is 0 Å². The van der Waals surface area contributed by atoms with Crippen LogP contribution in [0.15, 0.2) is 24.7 Å². The van der Waals surface area contributed by atoms with Gasteiger partial charge >= 0.3 is 0 Å². The quantitative estimate of drug-likeness (QED) is 0.600. The molecule has 178 valence electrons. The van der Waals surface area contributed by atoms with Crippen LogP contribution in [0.5, 0.6) is 0 Å². The number of carbonyl (C=O) groups excluding carboxylic acids is 1. The molecule has 10 heteroatoms. The molecule has 0 unspecified atom stereocenters. The van der Waals surface area contributed by atoms with Crippen molar-refractivity contribution < 1.29 is 22.4 Å². The monoisotopic (exact) mass is 465 g/mol. The highest BCUT2D eigenvalue weighted by molar-refractivity contribution is 6.06. The topological polar surface area (TPSA) is 71.0 Å². The third-order valence-corrected chi connectivity index (χ3v) is 6.28. The van der Waals surface area contributed by atoms with E-state index in [1.807, 2.05) is 13.8 Å². The molecule has 1 saturated carbocycles. The second-order valence-electron chi connectivity index (χ2n) is 9.20. The van der Waals surface area contributed by atoms with Crippen molar-refractivity contribution in [1.29, 1.82) is 0 Å². The minimum Gasteiger partial charge on any atom is -0.349 e. The molecule has 4 rings (SSSR count). The number of nitrogens with one attached hydrogen (secondary N) is 1. The number of halogens is 4. The minimum absolute atomic E-state index is 0.0846. The van der Waals surface area contributed by atoms with E-state index < -0.39 is 24.3 Å². The Morgan fingerprint density at radius 1 is 1.06 bits per heavy atom. The van der Waals surface area contributed by atoms with E-state index in [2.05, 4.69) is 20.3 Å². The van der Waals surface area contributed by atoms with Crippen molar-refractivity contribution in [2.45, 2.75) is 69.6 Å². The first-order chi connectivity index (χ1) is 15.5. The molecular weight excluding hydrogens is 438 g/mol. The molecule has 2 aliphatic rings. The van der Waals surface area contributed by atoms with Gasteiger partial charge in [-0.2, -0.15) is 0 Å². The number of hydrogen-bond acceptors (Lipinski definition) is 5. The first-order valence-corrected chi connectivity index (χ1v) is 11.2. The number of hydrogen-bond donors (Lipinski definition) is 1. The lowest BCUT2D eigenvalue weighted by atomic mass is 9.82. The second-order valence-corrected chi connectivity index (χ2v) is 9.20. The van der Waals surface area contributed by atoms with Gasteiger partial charge in [-0.1, -0.05) is 13.8 Å². The van der Waals surface area contributed by atoms with Crippen LogP contribution in [0.3, 0.4) is 0 Å². The lowest BCUT2D eigenvalue weighted by molar-refractivity contribution is -0.0381. The highest BCUT2D eigenvalue weighted by Gasteiger charge is 2.41. The predicted molar refractivity (Wildman–Crippen MR) is 116 cm³/mol. The summed E-state index contributed by atoms with van der Waals surface area (Å²) in [5.41, 5.74) is 1.14. The molecule has 2 aromatic rings. The number of amides is 1. The van der Waals surface area contributed by atoms with Crippen LogP contribution in [0.1, 0.15) is 79.5 Å². The SMILES string of the molecule is CC(C)c1ncc(C(=O)Nc2c(C3CCC(F)(F)CC3)ccnc2N2CCC(F)(F)C2)cn1. The summed E-state index contributed by atoms with van der Waals surface area (Å²) in [5.74, 6) is -5.38. The van der Waals surface area contributed by atoms with Crippen LogP contribution in [-0.2, 0) is 0 Å². The van der Waals surface area contributed by atoms with E-state index in [-0.39, 0.29) is 61.9 Å². The number of aromatic nitrogens is 3. The van der Waals surface area contributed by atoms with Crippen LogP contribution in [0, 0.1) is 0 Å². The number of carbonyl (C=O) groups is 1. The van der Waals surface area contributed by atoms with Crippen LogP contribution >= 0.6 is 0 Å². The maximum Gasteiger partial charge on any atom is 0.266 e. The highest BCUT2D eigenvalue weighted by atomic mass is 19.3. The van der Waals surface area contributed by atoms with Gasteiger partial charge in [0.05, 0.1) is 17.8 Å². The molecular formula is C23H27F4N5O. The zero-order chi connectivity index (χ0) is 23.8. The van der Waals surface area contributed by atoms with E-state index in [4.69, 9.17) is 0 Å². The smallest absolute Gasteiger partial charge is 0.266 e. The molecule has 2 aromatic heterocycles. The van der Waals surface area contributed by atoms with Crippen LogP contribution in [-0.4, -0.2) is 45.8 Å². The van der Waals surface area contributed by atoms with E-state index in [1.54, 1.807) is 6.07 Å². The first-order valence-electron chi connectivity index (χ1n) is 11.2. The summed E-state index contributed by atoms with van der Waals surface area (Å²) in [6.45, 7) is 3.44. The van der Waals surface area contributed by atoms with Gasteiger partial charge in [0.15, 0.2) is 5.82 Å². The Labute approximate surface area is 189 Å². The molecule has 0 bridgehead atoms. The third kappa shape index (κ3) is 5.25. The van der Waals surface area contributed by atoms with Crippen molar-refractivity contribution in [3.05, 3.63) is 41.6 Å². The van der Waals surface area contributed by atoms with Crippen molar-refractivity contribution >= 4 is 17.4 Å². The van der Waals surface area contributed by atoms with Gasteiger partial charge in [-0.25, -0.2) is 32.5 Å². The van der Waals surface area contributed by atoms with Gasteiger partial charge in [0, 0.05) is 50.3 Å². The fourth-order valence-electron chi connectivity index (χ4n) is 4.38. The Morgan fingerprint density at radius 3 is 2.30 bits per heavy atom. The van der Waals surface area contributed by atoms with E-state index in [9.17, 15) is 22.4 Å². The second kappa shape index (κ2) is 8.87. The molecule has 33 heavy (non-hydrogen) atoms. The summed E-state index contributed by atoms with van der Waals surface area (Å²) in [4.78, 5) is 27.2. The molecule has 0 atom stereocenters. The molecule has 1 amide bonds. The van der Waals surface area contributed by atoms with Gasteiger partial charge in [0.25, 0.3) is 11.8 Å². The fraction of sp³-hybridized carbons (Fsp3) is 0.565. The summed E-state index contributed by atoms with van der Waals surface area (Å²) in [7, 11) is 0. The Balaban J connectivity index is 1.66. The molecule has 0 aromatic carbocycles. The van der Waals surface area contributed by atoms with Crippen LogP contribution < -0.4 is 10.2 Å². The zero-order valence-electron chi connectivity index (χ0n) is 18.6. The normalized spacial score (nSPS) is 20.3. The van der Waals surface area contributed by atoms with Gasteiger partial charge in [-0.05, 0) is 30.4 Å². The Bertz CT molecular complexity index is 1000. The van der Waals surface area contributed by atoms with Gasteiger partial charge in [-0.3, -0.25) is 4.79 Å². The summed E-state index contributed by atoms with van der Waals surface area (Å²) in [5, 5.41) is 2.81. The van der Waals surface area contributed by atoms with Crippen LogP contribution in [0.2, 0.25) is 0 Å². The summed E-state index contributed by atoms with van der Waals surface area (Å²) in [6.07, 6.45) is 3.97. The van der Waals surface area contributed by atoms with Crippen molar-refractivity contribution in [3.8, 4) is 0 Å². The molecule has 1 N–H and O–H groups in total. The maximum absolute atomic E-state index is 13.9. The largest absolute Gasteiger partial charge is 0.349 e. The van der Waals surface area contributed by atoms with Gasteiger partial charge in [0.1, 0.15) is 5.82 Å². The molecule has 2 fully saturated rings. The Morgan fingerprint density at radius 2 is 1.73 bits per heavy atom. The van der Waals surface area contributed by atoms with Gasteiger partial charge in [-0.15, -0.1) is 0 Å². The molecule has 1 aliphatic heterocycles. The van der Waals surface area contributed by atoms with E-state index in [0.29, 0.717) is 17.1 Å². The van der Waals surface area contributed by atoms with Crippen molar-refractivity contribution in [2.24, 2.45) is 0 Å². The average molecular weight is 465 g/mol. The highest BCUT2D eigenvalue weighted by Crippen LogP contribution is 2.45. The summed E-state index contributed by atoms with van der Waals surface area (Å²) in [6, 6.07) is 1.68. The lowest BCUT2D eigenvalue weighted by Gasteiger charge is -2.31. The van der Waals surface area contributed by atoms with Crippen molar-refractivity contribution in [3.63, 3.8) is 0 Å². The van der Waals surface area contributed by atoms with Crippen LogP contribution in [0.4, 0.5) is 29.1 Å². The van der Waals surface area contributed by atoms with Crippen molar-refractivity contribution in [1.82, 2.24) is 15.0 Å². The Kier molecular flexibility index (Phi) is 6.28. The van der Waals surface area contributed by atoms with Crippen molar-refractivity contribution in [2.75, 3.05) is 23.3 Å². The van der Waals surface area contributed by atoms with E-state index in [1.165, 1.54) is 23.5 Å². The molecule has 1 saturated heterocycles. The summed E-state index contributed by atoms with van der Waals surface area (Å²) >= 11 is 0. The number of rotatable bonds is 5. The number of pyridine rings is 1. The minimum atomic E-state index is -2.85. The van der Waals surface area contributed by atoms with E-state index >= 15 is 0 Å². The predicted octanol–water partition coefficient (Wildman–Crippen LogP) is 5.39. The zero-order valence-corrected chi connectivity index (χ0v) is 18.6. The fourth-order valence-corrected chi connectivity index (χ4v) is 4.38. The third-order valence-electron chi connectivity index (χ3n) is 6.28. The molecule has 3 heterocycles. The first kappa shape index (κ1) is 23.4. The molecule has 0 spiro atoms. The number of anilines is 2. The Hall–Kier alpha value is -2.78. The maximum atomic E-state index is 13.9. The lowest BCUT2D eigenvalue weighted by Crippen LogP contribution is -2.29. The molecule has 0 radical (unpaired) electrons. The number of alkyl halides is 4. The number of nitrogens with zero attached hydrogens (tertiary/aromatic N) is 4. The van der Waals surface area contributed by atoms with Crippen LogP contribution in [0.25, 0.3) is 0 Å². The molecule has 6 nitrogen and oxygen atoms in total.